The topological polar surface area (TPSA) is 56.2 Å². The van der Waals surface area contributed by atoms with E-state index < -0.39 is 0 Å². The summed E-state index contributed by atoms with van der Waals surface area (Å²) in [6, 6.07) is 26.6. The Morgan fingerprint density at radius 3 is 2.42 bits per heavy atom. The van der Waals surface area contributed by atoms with Crippen molar-refractivity contribution in [1.29, 1.82) is 0 Å². The van der Waals surface area contributed by atoms with Crippen molar-refractivity contribution >= 4 is 75.7 Å². The fraction of sp³-hybridized carbons (Fsp3) is 0.143. The number of hydrogen-bond donors (Lipinski definition) is 1. The van der Waals surface area contributed by atoms with Crippen molar-refractivity contribution in [3.05, 3.63) is 100 Å². The molecular formula is C28H26Cl4N4. The van der Waals surface area contributed by atoms with Crippen LogP contribution in [0.3, 0.4) is 0 Å². The number of amidine groups is 1. The van der Waals surface area contributed by atoms with Gasteiger partial charge in [-0.25, -0.2) is 4.98 Å². The predicted octanol–water partition coefficient (Wildman–Crippen LogP) is 8.17. The van der Waals surface area contributed by atoms with E-state index in [4.69, 9.17) is 33.9 Å². The maximum atomic E-state index is 6.37. The molecule has 0 aliphatic rings. The average Bonchev–Trinajstić information content (AvgIpc) is 3.18. The summed E-state index contributed by atoms with van der Waals surface area (Å²) in [6.45, 7) is 4.67. The normalized spacial score (nSPS) is 11.5. The van der Waals surface area contributed by atoms with Gasteiger partial charge in [0.25, 0.3) is 0 Å². The van der Waals surface area contributed by atoms with Crippen LogP contribution in [0, 0.1) is 0 Å². The number of rotatable bonds is 5. The quantitative estimate of drug-likeness (QED) is 0.174. The van der Waals surface area contributed by atoms with Gasteiger partial charge in [-0.3, -0.25) is 4.99 Å². The summed E-state index contributed by atoms with van der Waals surface area (Å²) in [7, 11) is 0. The molecule has 0 aliphatic carbocycles. The Bertz CT molecular complexity index is 1550. The van der Waals surface area contributed by atoms with Crippen LogP contribution in [0.25, 0.3) is 33.2 Å². The van der Waals surface area contributed by atoms with E-state index in [1.165, 1.54) is 16.3 Å². The summed E-state index contributed by atoms with van der Waals surface area (Å²) in [5, 5.41) is 3.44. The zero-order chi connectivity index (χ0) is 23.8. The van der Waals surface area contributed by atoms with Gasteiger partial charge in [0, 0.05) is 17.2 Å². The summed E-state index contributed by atoms with van der Waals surface area (Å²) in [5.74, 6) is 1.33. The van der Waals surface area contributed by atoms with Crippen LogP contribution in [0.1, 0.15) is 25.0 Å². The first-order valence-corrected chi connectivity index (χ1v) is 11.9. The second kappa shape index (κ2) is 11.5. The third-order valence-electron chi connectivity index (χ3n) is 5.83. The molecule has 1 heterocycles. The first kappa shape index (κ1) is 27.8. The van der Waals surface area contributed by atoms with E-state index in [0.717, 1.165) is 28.0 Å². The van der Waals surface area contributed by atoms with Gasteiger partial charge in [0.15, 0.2) is 0 Å². The standard InChI is InChI=1S/C28H24Cl2N4.2ClH/c1-17(2)32-27(31)19-11-13-26-25(15-19)33-28(20-10-12-23(29)24(30)14-20)34(26)16-21-8-5-7-18-6-3-4-9-22(18)21;;/h3-15,17H,16H2,1-2H3,(H2,31,32);2*1H. The minimum absolute atomic E-state index is 0. The largest absolute Gasteiger partial charge is 0.383 e. The molecule has 0 radical (unpaired) electrons. The highest BCUT2D eigenvalue weighted by atomic mass is 35.5. The smallest absolute Gasteiger partial charge is 0.141 e. The van der Waals surface area contributed by atoms with Gasteiger partial charge < -0.3 is 10.3 Å². The second-order valence-electron chi connectivity index (χ2n) is 8.60. The van der Waals surface area contributed by atoms with Crippen molar-refractivity contribution < 1.29 is 0 Å². The van der Waals surface area contributed by atoms with Gasteiger partial charge in [-0.2, -0.15) is 0 Å². The van der Waals surface area contributed by atoms with Crippen LogP contribution in [-0.2, 0) is 6.54 Å². The maximum absolute atomic E-state index is 6.37. The van der Waals surface area contributed by atoms with Crippen LogP contribution < -0.4 is 5.73 Å². The zero-order valence-corrected chi connectivity index (χ0v) is 22.9. The van der Waals surface area contributed by atoms with Gasteiger partial charge >= 0.3 is 0 Å². The molecule has 0 atom stereocenters. The maximum Gasteiger partial charge on any atom is 0.141 e. The fourth-order valence-electron chi connectivity index (χ4n) is 4.26. The summed E-state index contributed by atoms with van der Waals surface area (Å²) in [4.78, 5) is 9.50. The van der Waals surface area contributed by atoms with Crippen molar-refractivity contribution in [2.24, 2.45) is 10.7 Å². The molecule has 8 heteroatoms. The molecule has 0 aliphatic heterocycles. The van der Waals surface area contributed by atoms with Crippen molar-refractivity contribution in [3.63, 3.8) is 0 Å². The Balaban J connectivity index is 0.00000180. The summed E-state index contributed by atoms with van der Waals surface area (Å²) in [5.41, 5.74) is 11.1. The number of halogens is 4. The van der Waals surface area contributed by atoms with E-state index in [-0.39, 0.29) is 30.9 Å². The van der Waals surface area contributed by atoms with Crippen LogP contribution in [0.2, 0.25) is 10.0 Å². The Labute approximate surface area is 233 Å². The molecule has 4 aromatic carbocycles. The van der Waals surface area contributed by atoms with Crippen LogP contribution in [0.4, 0.5) is 0 Å². The first-order chi connectivity index (χ1) is 16.4. The molecule has 0 unspecified atom stereocenters. The minimum atomic E-state index is 0. The van der Waals surface area contributed by atoms with Crippen molar-refractivity contribution in [2.75, 3.05) is 0 Å². The molecular weight excluding hydrogens is 534 g/mol. The number of benzene rings is 4. The van der Waals surface area contributed by atoms with E-state index in [0.29, 0.717) is 22.4 Å². The molecule has 0 bridgehead atoms. The number of hydrogen-bond acceptors (Lipinski definition) is 2. The van der Waals surface area contributed by atoms with E-state index in [1.54, 1.807) is 6.07 Å². The lowest BCUT2D eigenvalue weighted by molar-refractivity contribution is 0.834. The van der Waals surface area contributed by atoms with Crippen LogP contribution in [0.15, 0.2) is 83.9 Å². The Hall–Kier alpha value is -2.76. The third-order valence-corrected chi connectivity index (χ3v) is 6.57. The van der Waals surface area contributed by atoms with Gasteiger partial charge in [0.05, 0.1) is 27.6 Å². The SMILES string of the molecule is CC(C)N=C(N)c1ccc2c(c1)nc(-c1ccc(Cl)c(Cl)c1)n2Cc1cccc2ccccc12.Cl.Cl. The molecule has 4 nitrogen and oxygen atoms in total. The number of nitrogens with zero attached hydrogens (tertiary/aromatic N) is 3. The minimum Gasteiger partial charge on any atom is -0.383 e. The second-order valence-corrected chi connectivity index (χ2v) is 9.41. The van der Waals surface area contributed by atoms with Crippen LogP contribution >= 0.6 is 48.0 Å². The van der Waals surface area contributed by atoms with Gasteiger partial charge in [-0.05, 0) is 66.6 Å². The Morgan fingerprint density at radius 1 is 0.917 bits per heavy atom. The van der Waals surface area contributed by atoms with Crippen molar-refractivity contribution in [2.45, 2.75) is 26.4 Å². The number of fused-ring (bicyclic) bond motifs is 2. The summed E-state index contributed by atoms with van der Waals surface area (Å²) >= 11 is 12.6. The highest BCUT2D eigenvalue weighted by Crippen LogP contribution is 2.32. The highest BCUT2D eigenvalue weighted by molar-refractivity contribution is 6.42. The Morgan fingerprint density at radius 2 is 1.67 bits per heavy atom. The number of nitrogens with two attached hydrogens (primary N) is 1. The van der Waals surface area contributed by atoms with Crippen molar-refractivity contribution in [3.8, 4) is 11.4 Å². The molecule has 186 valence electrons. The molecule has 0 spiro atoms. The van der Waals surface area contributed by atoms with Gasteiger partial charge in [-0.1, -0.05) is 65.7 Å². The zero-order valence-electron chi connectivity index (χ0n) is 19.8. The molecule has 0 saturated heterocycles. The molecule has 5 aromatic rings. The van der Waals surface area contributed by atoms with Gasteiger partial charge in [0.1, 0.15) is 11.7 Å². The molecule has 36 heavy (non-hydrogen) atoms. The number of aromatic nitrogens is 2. The van der Waals surface area contributed by atoms with Gasteiger partial charge in [-0.15, -0.1) is 24.8 Å². The third kappa shape index (κ3) is 5.47. The number of aliphatic imine (C=N–C) groups is 1. The fourth-order valence-corrected chi connectivity index (χ4v) is 4.56. The summed E-state index contributed by atoms with van der Waals surface area (Å²) in [6.07, 6.45) is 0. The lowest BCUT2D eigenvalue weighted by Crippen LogP contribution is -2.15. The number of imidazole rings is 1. The molecule has 0 fully saturated rings. The van der Waals surface area contributed by atoms with Gasteiger partial charge in [0.2, 0.25) is 0 Å². The van der Waals surface area contributed by atoms with E-state index in [2.05, 4.69) is 58.1 Å². The van der Waals surface area contributed by atoms with E-state index in [9.17, 15) is 0 Å². The van der Waals surface area contributed by atoms with E-state index >= 15 is 0 Å². The molecule has 5 rings (SSSR count). The average molecular weight is 560 g/mol. The Kier molecular flexibility index (Phi) is 8.91. The van der Waals surface area contributed by atoms with Crippen LogP contribution in [0.5, 0.6) is 0 Å². The van der Waals surface area contributed by atoms with E-state index in [1.807, 2.05) is 38.1 Å². The highest BCUT2D eigenvalue weighted by Gasteiger charge is 2.16. The molecule has 1 aromatic heterocycles. The first-order valence-electron chi connectivity index (χ1n) is 11.2. The molecule has 2 N–H and O–H groups in total. The predicted molar refractivity (Wildman–Crippen MR) is 159 cm³/mol. The monoisotopic (exact) mass is 558 g/mol. The lowest BCUT2D eigenvalue weighted by Gasteiger charge is -2.13. The molecule has 0 amide bonds. The summed E-state index contributed by atoms with van der Waals surface area (Å²) < 4.78 is 2.22. The lowest BCUT2D eigenvalue weighted by atomic mass is 10.0. The molecule has 0 saturated carbocycles. The van der Waals surface area contributed by atoms with Crippen LogP contribution in [-0.4, -0.2) is 21.4 Å². The van der Waals surface area contributed by atoms with Crippen molar-refractivity contribution in [1.82, 2.24) is 9.55 Å².